The van der Waals surface area contributed by atoms with Crippen molar-refractivity contribution in [2.45, 2.75) is 44.7 Å². The fraction of sp³-hybridized carbons (Fsp3) is 0.533. The van der Waals surface area contributed by atoms with Crippen LogP contribution in [0.3, 0.4) is 0 Å². The molecule has 104 valence electrons. The Kier molecular flexibility index (Phi) is 4.80. The lowest BCUT2D eigenvalue weighted by Crippen LogP contribution is -2.40. The quantitative estimate of drug-likeness (QED) is 0.879. The van der Waals surface area contributed by atoms with Crippen molar-refractivity contribution in [1.82, 2.24) is 4.90 Å². The van der Waals surface area contributed by atoms with Crippen LogP contribution < -0.4 is 11.1 Å². The Morgan fingerprint density at radius 3 is 2.47 bits per heavy atom. The van der Waals surface area contributed by atoms with Crippen molar-refractivity contribution >= 4 is 11.7 Å². The van der Waals surface area contributed by atoms with Gasteiger partial charge in [-0.15, -0.1) is 0 Å². The molecule has 0 aliphatic heterocycles. The minimum Gasteiger partial charge on any atom is -0.326 e. The second-order valence-corrected chi connectivity index (χ2v) is 5.23. The molecule has 1 fully saturated rings. The van der Waals surface area contributed by atoms with Crippen LogP contribution in [0.15, 0.2) is 24.3 Å². The molecule has 0 unspecified atom stereocenters. The highest BCUT2D eigenvalue weighted by atomic mass is 16.2. The minimum atomic E-state index is -0.0209. The summed E-state index contributed by atoms with van der Waals surface area (Å²) >= 11 is 0. The number of amides is 2. The predicted molar refractivity (Wildman–Crippen MR) is 78.0 cm³/mol. The molecule has 0 spiro atoms. The van der Waals surface area contributed by atoms with Gasteiger partial charge >= 0.3 is 6.03 Å². The lowest BCUT2D eigenvalue weighted by molar-refractivity contribution is 0.186. The summed E-state index contributed by atoms with van der Waals surface area (Å²) in [6.45, 7) is 0.524. The lowest BCUT2D eigenvalue weighted by atomic mass is 9.95. The van der Waals surface area contributed by atoms with E-state index in [2.05, 4.69) is 5.32 Å². The van der Waals surface area contributed by atoms with Crippen LogP contribution in [0.2, 0.25) is 0 Å². The highest BCUT2D eigenvalue weighted by Crippen LogP contribution is 2.22. The van der Waals surface area contributed by atoms with Crippen LogP contribution >= 0.6 is 0 Å². The van der Waals surface area contributed by atoms with Crippen LogP contribution in [0, 0.1) is 0 Å². The summed E-state index contributed by atoms with van der Waals surface area (Å²) < 4.78 is 0. The van der Waals surface area contributed by atoms with Gasteiger partial charge in [-0.25, -0.2) is 4.79 Å². The first kappa shape index (κ1) is 13.9. The van der Waals surface area contributed by atoms with Gasteiger partial charge in [-0.05, 0) is 30.5 Å². The first-order chi connectivity index (χ1) is 9.20. The number of hydrogen-bond donors (Lipinski definition) is 2. The molecule has 0 saturated heterocycles. The summed E-state index contributed by atoms with van der Waals surface area (Å²) in [7, 11) is 1.89. The van der Waals surface area contributed by atoms with Crippen molar-refractivity contribution in [1.29, 1.82) is 0 Å². The number of carbonyl (C=O) groups is 1. The Morgan fingerprint density at radius 2 is 1.89 bits per heavy atom. The smallest absolute Gasteiger partial charge is 0.321 e. The third kappa shape index (κ3) is 3.70. The van der Waals surface area contributed by atoms with Crippen molar-refractivity contribution in [2.24, 2.45) is 5.73 Å². The fourth-order valence-corrected chi connectivity index (χ4v) is 2.57. The van der Waals surface area contributed by atoms with Gasteiger partial charge in [0.1, 0.15) is 0 Å². The van der Waals surface area contributed by atoms with Crippen molar-refractivity contribution in [3.05, 3.63) is 29.8 Å². The van der Waals surface area contributed by atoms with E-state index in [-0.39, 0.29) is 6.03 Å². The predicted octanol–water partition coefficient (Wildman–Crippen LogP) is 2.94. The number of carbonyl (C=O) groups excluding carboxylic acids is 1. The molecule has 1 aromatic rings. The van der Waals surface area contributed by atoms with Gasteiger partial charge in [-0.1, -0.05) is 31.4 Å². The maximum absolute atomic E-state index is 12.2. The van der Waals surface area contributed by atoms with Gasteiger partial charge in [0.15, 0.2) is 0 Å². The van der Waals surface area contributed by atoms with Crippen LogP contribution in [0.25, 0.3) is 0 Å². The highest BCUT2D eigenvalue weighted by Gasteiger charge is 2.21. The fourth-order valence-electron chi connectivity index (χ4n) is 2.57. The SMILES string of the molecule is CN(C(=O)Nc1ccc(CN)cc1)C1CCCCC1. The molecule has 2 amide bonds. The van der Waals surface area contributed by atoms with E-state index in [4.69, 9.17) is 5.73 Å². The lowest BCUT2D eigenvalue weighted by Gasteiger charge is -2.31. The van der Waals surface area contributed by atoms with E-state index in [0.29, 0.717) is 12.6 Å². The second kappa shape index (κ2) is 6.57. The van der Waals surface area contributed by atoms with Crippen LogP contribution in [0.1, 0.15) is 37.7 Å². The molecule has 4 nitrogen and oxygen atoms in total. The van der Waals surface area contributed by atoms with Crippen molar-refractivity contribution in [2.75, 3.05) is 12.4 Å². The molecule has 0 heterocycles. The van der Waals surface area contributed by atoms with E-state index in [9.17, 15) is 4.79 Å². The van der Waals surface area contributed by atoms with Crippen molar-refractivity contribution in [3.63, 3.8) is 0 Å². The summed E-state index contributed by atoms with van der Waals surface area (Å²) in [6.07, 6.45) is 6.00. The van der Waals surface area contributed by atoms with Gasteiger partial charge < -0.3 is 16.0 Å². The Morgan fingerprint density at radius 1 is 1.26 bits per heavy atom. The standard InChI is InChI=1S/C15H23N3O/c1-18(14-5-3-2-4-6-14)15(19)17-13-9-7-12(11-16)8-10-13/h7-10,14H,2-6,11,16H2,1H3,(H,17,19). The van der Waals surface area contributed by atoms with Crippen LogP contribution in [-0.2, 0) is 6.54 Å². The molecule has 0 bridgehead atoms. The van der Waals surface area contributed by atoms with Gasteiger partial charge in [0, 0.05) is 25.3 Å². The Bertz CT molecular complexity index is 410. The van der Waals surface area contributed by atoms with E-state index < -0.39 is 0 Å². The monoisotopic (exact) mass is 261 g/mol. The summed E-state index contributed by atoms with van der Waals surface area (Å²) in [6, 6.07) is 8.04. The second-order valence-electron chi connectivity index (χ2n) is 5.23. The molecule has 19 heavy (non-hydrogen) atoms. The number of rotatable bonds is 3. The number of urea groups is 1. The average Bonchev–Trinajstić information content (AvgIpc) is 2.48. The van der Waals surface area contributed by atoms with Gasteiger partial charge in [0.05, 0.1) is 0 Å². The summed E-state index contributed by atoms with van der Waals surface area (Å²) in [5, 5.41) is 2.94. The van der Waals surface area contributed by atoms with E-state index in [1.165, 1.54) is 19.3 Å². The van der Waals surface area contributed by atoms with E-state index in [1.54, 1.807) is 0 Å². The zero-order valence-corrected chi connectivity index (χ0v) is 11.6. The molecular weight excluding hydrogens is 238 g/mol. The van der Waals surface area contributed by atoms with Crippen LogP contribution in [-0.4, -0.2) is 24.0 Å². The minimum absolute atomic E-state index is 0.0209. The molecule has 0 atom stereocenters. The number of nitrogens with zero attached hydrogens (tertiary/aromatic N) is 1. The van der Waals surface area contributed by atoms with Gasteiger partial charge in [0.2, 0.25) is 0 Å². The zero-order chi connectivity index (χ0) is 13.7. The molecule has 1 aromatic carbocycles. The molecule has 0 aromatic heterocycles. The summed E-state index contributed by atoms with van der Waals surface area (Å²) in [5.41, 5.74) is 7.44. The molecule has 0 radical (unpaired) electrons. The molecule has 1 aliphatic carbocycles. The van der Waals surface area contributed by atoms with E-state index in [1.807, 2.05) is 36.2 Å². The van der Waals surface area contributed by atoms with Crippen LogP contribution in [0.5, 0.6) is 0 Å². The third-order valence-corrected chi connectivity index (χ3v) is 3.88. The first-order valence-corrected chi connectivity index (χ1v) is 7.03. The Balaban J connectivity index is 1.91. The maximum Gasteiger partial charge on any atom is 0.321 e. The normalized spacial score (nSPS) is 16.1. The van der Waals surface area contributed by atoms with Gasteiger partial charge in [-0.3, -0.25) is 0 Å². The number of nitrogens with two attached hydrogens (primary N) is 1. The molecule has 3 N–H and O–H groups in total. The van der Waals surface area contributed by atoms with Crippen molar-refractivity contribution in [3.8, 4) is 0 Å². The maximum atomic E-state index is 12.2. The number of benzene rings is 1. The third-order valence-electron chi connectivity index (χ3n) is 3.88. The average molecular weight is 261 g/mol. The van der Waals surface area contributed by atoms with Gasteiger partial charge in [0.25, 0.3) is 0 Å². The van der Waals surface area contributed by atoms with E-state index in [0.717, 1.165) is 24.1 Å². The Labute approximate surface area is 115 Å². The van der Waals surface area contributed by atoms with Crippen molar-refractivity contribution < 1.29 is 4.79 Å². The topological polar surface area (TPSA) is 58.4 Å². The summed E-state index contributed by atoms with van der Waals surface area (Å²) in [5.74, 6) is 0. The molecule has 1 aliphatic rings. The number of nitrogens with one attached hydrogen (secondary N) is 1. The zero-order valence-electron chi connectivity index (χ0n) is 11.6. The molecule has 2 rings (SSSR count). The number of hydrogen-bond acceptors (Lipinski definition) is 2. The van der Waals surface area contributed by atoms with E-state index >= 15 is 0 Å². The number of anilines is 1. The first-order valence-electron chi connectivity index (χ1n) is 7.03. The molecular formula is C15H23N3O. The highest BCUT2D eigenvalue weighted by molar-refractivity contribution is 5.89. The molecule has 1 saturated carbocycles. The summed E-state index contributed by atoms with van der Waals surface area (Å²) in [4.78, 5) is 14.0. The Hall–Kier alpha value is -1.55. The largest absolute Gasteiger partial charge is 0.326 e. The van der Waals surface area contributed by atoms with Gasteiger partial charge in [-0.2, -0.15) is 0 Å². The molecule has 4 heteroatoms. The van der Waals surface area contributed by atoms with Crippen LogP contribution in [0.4, 0.5) is 10.5 Å².